The lowest BCUT2D eigenvalue weighted by molar-refractivity contribution is 0.191. The molecule has 9 heteroatoms. The van der Waals surface area contributed by atoms with Gasteiger partial charge in [-0.25, -0.2) is 8.42 Å². The van der Waals surface area contributed by atoms with E-state index in [2.05, 4.69) is 26.1 Å². The molecule has 0 spiro atoms. The molecule has 2 aromatic rings. The first-order chi connectivity index (χ1) is 8.96. The summed E-state index contributed by atoms with van der Waals surface area (Å²) in [6.45, 7) is 0.872. The Labute approximate surface area is 119 Å². The van der Waals surface area contributed by atoms with Crippen molar-refractivity contribution in [2.24, 2.45) is 7.05 Å². The van der Waals surface area contributed by atoms with Crippen molar-refractivity contribution in [3.63, 3.8) is 0 Å². The SMILES string of the molecule is Cn1cc(S(=O)(=O)N2CC(n3cc(Br)cn3)C2)cn1. The highest BCUT2D eigenvalue weighted by molar-refractivity contribution is 9.10. The number of hydrogen-bond acceptors (Lipinski definition) is 4. The lowest BCUT2D eigenvalue weighted by Gasteiger charge is -2.37. The maximum Gasteiger partial charge on any atom is 0.246 e. The molecule has 0 radical (unpaired) electrons. The summed E-state index contributed by atoms with van der Waals surface area (Å²) in [4.78, 5) is 0.232. The van der Waals surface area contributed by atoms with Gasteiger partial charge in [0.1, 0.15) is 4.90 Å². The molecule has 0 N–H and O–H groups in total. The van der Waals surface area contributed by atoms with E-state index in [1.165, 1.54) is 21.4 Å². The topological polar surface area (TPSA) is 73.0 Å². The monoisotopic (exact) mass is 345 g/mol. The van der Waals surface area contributed by atoms with Gasteiger partial charge in [-0.2, -0.15) is 14.5 Å². The van der Waals surface area contributed by atoms with Crippen molar-refractivity contribution in [1.82, 2.24) is 23.9 Å². The van der Waals surface area contributed by atoms with Gasteiger partial charge in [0, 0.05) is 32.5 Å². The lowest BCUT2D eigenvalue weighted by atomic mass is 10.2. The molecule has 2 aromatic heterocycles. The van der Waals surface area contributed by atoms with E-state index in [1.54, 1.807) is 17.9 Å². The summed E-state index contributed by atoms with van der Waals surface area (Å²) >= 11 is 3.32. The third-order valence-corrected chi connectivity index (χ3v) is 5.29. The average Bonchev–Trinajstić information content (AvgIpc) is 2.85. The van der Waals surface area contributed by atoms with Crippen LogP contribution in [-0.4, -0.2) is 45.4 Å². The second-order valence-corrected chi connectivity index (χ2v) is 7.32. The van der Waals surface area contributed by atoms with Crippen LogP contribution in [0, 0.1) is 0 Å². The van der Waals surface area contributed by atoms with Crippen LogP contribution in [0.1, 0.15) is 6.04 Å². The molecule has 0 atom stereocenters. The van der Waals surface area contributed by atoms with Gasteiger partial charge in [-0.15, -0.1) is 0 Å². The van der Waals surface area contributed by atoms with E-state index in [4.69, 9.17) is 0 Å². The minimum Gasteiger partial charge on any atom is -0.274 e. The molecule has 1 aliphatic rings. The first-order valence-electron chi connectivity index (χ1n) is 5.65. The van der Waals surface area contributed by atoms with Crippen LogP contribution in [0.5, 0.6) is 0 Å². The number of aromatic nitrogens is 4. The maximum atomic E-state index is 12.2. The Balaban J connectivity index is 1.73. The Kier molecular flexibility index (Phi) is 2.99. The molecule has 3 heterocycles. The summed E-state index contributed by atoms with van der Waals surface area (Å²) in [7, 11) is -1.72. The zero-order valence-electron chi connectivity index (χ0n) is 10.1. The molecule has 19 heavy (non-hydrogen) atoms. The smallest absolute Gasteiger partial charge is 0.246 e. The van der Waals surface area contributed by atoms with Gasteiger partial charge in [-0.1, -0.05) is 0 Å². The van der Waals surface area contributed by atoms with Crippen molar-refractivity contribution in [3.8, 4) is 0 Å². The number of aryl methyl sites for hydroxylation is 1. The third-order valence-electron chi connectivity index (χ3n) is 3.09. The lowest BCUT2D eigenvalue weighted by Crippen LogP contribution is -2.50. The van der Waals surface area contributed by atoms with Crippen LogP contribution < -0.4 is 0 Å². The minimum absolute atomic E-state index is 0.0951. The van der Waals surface area contributed by atoms with Crippen molar-refractivity contribution in [2.75, 3.05) is 13.1 Å². The highest BCUT2D eigenvalue weighted by atomic mass is 79.9. The molecule has 102 valence electrons. The summed E-state index contributed by atoms with van der Waals surface area (Å²) in [6, 6.07) is 0.0951. The van der Waals surface area contributed by atoms with Crippen LogP contribution in [0.25, 0.3) is 0 Å². The summed E-state index contributed by atoms with van der Waals surface area (Å²) < 4.78 is 30.1. The Hall–Kier alpha value is -1.19. The van der Waals surface area contributed by atoms with Gasteiger partial charge in [0.15, 0.2) is 0 Å². The van der Waals surface area contributed by atoms with Gasteiger partial charge in [-0.3, -0.25) is 9.36 Å². The first-order valence-corrected chi connectivity index (χ1v) is 7.88. The van der Waals surface area contributed by atoms with Gasteiger partial charge in [-0.05, 0) is 15.9 Å². The van der Waals surface area contributed by atoms with Crippen molar-refractivity contribution in [2.45, 2.75) is 10.9 Å². The van der Waals surface area contributed by atoms with Gasteiger partial charge in [0.25, 0.3) is 0 Å². The van der Waals surface area contributed by atoms with Crippen LogP contribution in [0.4, 0.5) is 0 Å². The fraction of sp³-hybridized carbons (Fsp3) is 0.400. The molecule has 0 bridgehead atoms. The standard InChI is InChI=1S/C10H12BrN5O2S/c1-14-7-10(3-12-14)19(17,18)15-5-9(6-15)16-4-8(11)2-13-16/h2-4,7,9H,5-6H2,1H3. The maximum absolute atomic E-state index is 12.2. The Morgan fingerprint density at radius 3 is 2.53 bits per heavy atom. The van der Waals surface area contributed by atoms with Crippen LogP contribution >= 0.6 is 15.9 Å². The van der Waals surface area contributed by atoms with Crippen LogP contribution in [-0.2, 0) is 17.1 Å². The molecule has 7 nitrogen and oxygen atoms in total. The van der Waals surface area contributed by atoms with Crippen LogP contribution in [0.15, 0.2) is 34.2 Å². The minimum atomic E-state index is -3.42. The molecule has 1 aliphatic heterocycles. The van der Waals surface area contributed by atoms with Crippen molar-refractivity contribution in [1.29, 1.82) is 0 Å². The van der Waals surface area contributed by atoms with Gasteiger partial charge < -0.3 is 0 Å². The van der Waals surface area contributed by atoms with Crippen molar-refractivity contribution < 1.29 is 8.42 Å². The quantitative estimate of drug-likeness (QED) is 0.817. The predicted octanol–water partition coefficient (Wildman–Crippen LogP) is 0.625. The molecule has 3 rings (SSSR count). The van der Waals surface area contributed by atoms with Gasteiger partial charge >= 0.3 is 0 Å². The molecule has 1 fully saturated rings. The zero-order chi connectivity index (χ0) is 13.6. The number of nitrogens with zero attached hydrogens (tertiary/aromatic N) is 5. The van der Waals surface area contributed by atoms with E-state index in [9.17, 15) is 8.42 Å². The zero-order valence-corrected chi connectivity index (χ0v) is 12.5. The average molecular weight is 346 g/mol. The molecular formula is C10H12BrN5O2S. The highest BCUT2D eigenvalue weighted by Crippen LogP contribution is 2.28. The van der Waals surface area contributed by atoms with Crippen LogP contribution in [0.3, 0.4) is 0 Å². The number of rotatable bonds is 3. The van der Waals surface area contributed by atoms with E-state index in [0.717, 1.165) is 4.47 Å². The van der Waals surface area contributed by atoms with Crippen molar-refractivity contribution in [3.05, 3.63) is 29.3 Å². The van der Waals surface area contributed by atoms with E-state index in [0.29, 0.717) is 13.1 Å². The molecule has 0 amide bonds. The first kappa shape index (κ1) is 12.8. The Bertz CT molecular complexity index is 701. The highest BCUT2D eigenvalue weighted by Gasteiger charge is 2.38. The number of sulfonamides is 1. The molecule has 1 saturated heterocycles. The fourth-order valence-electron chi connectivity index (χ4n) is 1.98. The second kappa shape index (κ2) is 4.43. The summed E-state index contributed by atoms with van der Waals surface area (Å²) in [5, 5.41) is 8.05. The summed E-state index contributed by atoms with van der Waals surface area (Å²) in [5.74, 6) is 0. The van der Waals surface area contributed by atoms with E-state index in [1.807, 2.05) is 6.20 Å². The fourth-order valence-corrected chi connectivity index (χ4v) is 3.78. The number of hydrogen-bond donors (Lipinski definition) is 0. The largest absolute Gasteiger partial charge is 0.274 e. The van der Waals surface area contributed by atoms with Crippen LogP contribution in [0.2, 0.25) is 0 Å². The second-order valence-electron chi connectivity index (χ2n) is 4.46. The third kappa shape index (κ3) is 2.21. The normalized spacial score (nSPS) is 17.6. The van der Waals surface area contributed by atoms with Crippen molar-refractivity contribution >= 4 is 26.0 Å². The summed E-state index contributed by atoms with van der Waals surface area (Å²) in [5.41, 5.74) is 0. The Morgan fingerprint density at radius 2 is 2.00 bits per heavy atom. The molecule has 0 unspecified atom stereocenters. The summed E-state index contributed by atoms with van der Waals surface area (Å²) in [6.07, 6.45) is 6.41. The Morgan fingerprint density at radius 1 is 1.26 bits per heavy atom. The molecule has 0 aliphatic carbocycles. The predicted molar refractivity (Wildman–Crippen MR) is 70.9 cm³/mol. The van der Waals surface area contributed by atoms with E-state index >= 15 is 0 Å². The van der Waals surface area contributed by atoms with E-state index < -0.39 is 10.0 Å². The molecule has 0 saturated carbocycles. The van der Waals surface area contributed by atoms with Gasteiger partial charge in [0.2, 0.25) is 10.0 Å². The molecule has 0 aromatic carbocycles. The number of halogens is 1. The molecular weight excluding hydrogens is 334 g/mol. The van der Waals surface area contributed by atoms with E-state index in [-0.39, 0.29) is 10.9 Å². The van der Waals surface area contributed by atoms with Gasteiger partial charge in [0.05, 0.1) is 22.9 Å².